The first-order valence-corrected chi connectivity index (χ1v) is 8.76. The van der Waals surface area contributed by atoms with E-state index in [-0.39, 0.29) is 0 Å². The molecule has 0 aliphatic carbocycles. The quantitative estimate of drug-likeness (QED) is 0.516. The molecule has 0 spiro atoms. The minimum absolute atomic E-state index is 0.305. The van der Waals surface area contributed by atoms with E-state index in [0.717, 1.165) is 5.46 Å². The predicted molar refractivity (Wildman–Crippen MR) is 104 cm³/mol. The first kappa shape index (κ1) is 18.3. The second-order valence-corrected chi connectivity index (χ2v) is 8.18. The summed E-state index contributed by atoms with van der Waals surface area (Å²) in [7, 11) is 5.11. The van der Waals surface area contributed by atoms with E-state index in [9.17, 15) is 10.4 Å². The van der Waals surface area contributed by atoms with Crippen molar-refractivity contribution in [2.45, 2.75) is 48.9 Å². The third kappa shape index (κ3) is 2.50. The van der Waals surface area contributed by atoms with Crippen LogP contribution in [0.2, 0.25) is 0 Å². The van der Waals surface area contributed by atoms with Crippen LogP contribution in [0, 0.1) is 11.3 Å². The molecule has 138 valence electrons. The lowest BCUT2D eigenvalue weighted by Gasteiger charge is -2.33. The lowest BCUT2D eigenvalue weighted by Crippen LogP contribution is -2.50. The SMILES string of the molecule is Bc1cc([C@]2(C#N)OC(C(B)(B)O)[C@H]3OC(C)(C)O[C@H]32)n2ncnc(N)c12. The Bertz CT molecular complexity index is 969. The molecule has 1 unspecified atom stereocenters. The van der Waals surface area contributed by atoms with E-state index in [4.69, 9.17) is 19.9 Å². The average Bonchev–Trinajstić information content (AvgIpc) is 3.15. The standard InChI is InChI=1S/C15H20B3N5O4/c1-13(2)25-9-10(26-13)14(4-19,27-11(9)15(17,18)24)7-3-6(16)8-12(20)21-5-22-23(7)8/h3,5,9-11,24H,16-18H2,1-2H3,(H2,20,21,22)/t9-,10+,11?,14-/m0/s1. The second kappa shape index (κ2) is 5.48. The van der Waals surface area contributed by atoms with E-state index in [1.807, 2.05) is 7.85 Å². The van der Waals surface area contributed by atoms with E-state index < -0.39 is 35.1 Å². The van der Waals surface area contributed by atoms with Crippen molar-refractivity contribution in [3.05, 3.63) is 18.1 Å². The van der Waals surface area contributed by atoms with Crippen LogP contribution in [0.1, 0.15) is 19.5 Å². The number of ether oxygens (including phenoxy) is 3. The zero-order valence-corrected chi connectivity index (χ0v) is 15.9. The molecule has 0 aromatic carbocycles. The number of hydrogen-bond donors (Lipinski definition) is 2. The monoisotopic (exact) mass is 367 g/mol. The average molecular weight is 367 g/mol. The number of hydrogen-bond acceptors (Lipinski definition) is 8. The van der Waals surface area contributed by atoms with Crippen LogP contribution < -0.4 is 11.2 Å². The third-order valence-corrected chi connectivity index (χ3v) is 5.16. The lowest BCUT2D eigenvalue weighted by molar-refractivity contribution is -0.210. The number of fused-ring (bicyclic) bond motifs is 2. The number of nitrogens with zero attached hydrogens (tertiary/aromatic N) is 4. The molecule has 12 heteroatoms. The van der Waals surface area contributed by atoms with E-state index in [1.54, 1.807) is 40.1 Å². The van der Waals surface area contributed by atoms with Crippen LogP contribution in [-0.2, 0) is 19.8 Å². The molecule has 0 amide bonds. The molecule has 27 heavy (non-hydrogen) atoms. The van der Waals surface area contributed by atoms with Crippen LogP contribution in [0.4, 0.5) is 5.82 Å². The van der Waals surface area contributed by atoms with Crippen LogP contribution in [0.5, 0.6) is 0 Å². The van der Waals surface area contributed by atoms with Crippen molar-refractivity contribution in [3.63, 3.8) is 0 Å². The Morgan fingerprint density at radius 2 is 2.07 bits per heavy atom. The van der Waals surface area contributed by atoms with Crippen molar-refractivity contribution in [1.29, 1.82) is 5.26 Å². The van der Waals surface area contributed by atoms with Crippen molar-refractivity contribution in [2.75, 3.05) is 5.73 Å². The predicted octanol–water partition coefficient (Wildman–Crippen LogP) is -3.88. The van der Waals surface area contributed by atoms with Gasteiger partial charge in [0.2, 0.25) is 5.60 Å². The van der Waals surface area contributed by atoms with E-state index in [0.29, 0.717) is 17.0 Å². The fraction of sp³-hybridized carbons (Fsp3) is 0.533. The summed E-state index contributed by atoms with van der Waals surface area (Å²) in [6, 6.07) is 4.06. The topological polar surface area (TPSA) is 128 Å². The van der Waals surface area contributed by atoms with Gasteiger partial charge in [0.15, 0.2) is 11.6 Å². The number of nitrogens with two attached hydrogens (primary N) is 1. The summed E-state index contributed by atoms with van der Waals surface area (Å²) >= 11 is 0. The number of anilines is 1. The molecular formula is C15H20B3N5O4. The molecule has 2 aliphatic rings. The number of aliphatic hydroxyl groups is 1. The van der Waals surface area contributed by atoms with E-state index >= 15 is 0 Å². The molecule has 0 bridgehead atoms. The van der Waals surface area contributed by atoms with Gasteiger partial charge in [-0.05, 0) is 19.9 Å². The van der Waals surface area contributed by atoms with Crippen LogP contribution >= 0.6 is 0 Å². The molecule has 4 rings (SSSR count). The van der Waals surface area contributed by atoms with Crippen LogP contribution in [0.3, 0.4) is 0 Å². The number of nitriles is 1. The maximum Gasteiger partial charge on any atom is 0.225 e. The Hall–Kier alpha value is -2.06. The second-order valence-electron chi connectivity index (χ2n) is 8.18. The van der Waals surface area contributed by atoms with Gasteiger partial charge in [0.1, 0.15) is 59.8 Å². The van der Waals surface area contributed by atoms with E-state index in [1.165, 1.54) is 6.33 Å². The van der Waals surface area contributed by atoms with Gasteiger partial charge in [0.05, 0.1) is 5.69 Å². The summed E-state index contributed by atoms with van der Waals surface area (Å²) in [5.41, 5.74) is 6.36. The maximum absolute atomic E-state index is 10.6. The van der Waals surface area contributed by atoms with Crippen molar-refractivity contribution in [3.8, 4) is 6.07 Å². The smallest absolute Gasteiger partial charge is 0.225 e. The number of nitrogen functional groups attached to an aromatic ring is 1. The normalized spacial score (nSPS) is 32.4. The molecular weight excluding hydrogens is 347 g/mol. The first-order chi connectivity index (χ1) is 12.5. The summed E-state index contributed by atoms with van der Waals surface area (Å²) in [4.78, 5) is 4.03. The van der Waals surface area contributed by atoms with Crippen molar-refractivity contribution in [2.24, 2.45) is 0 Å². The highest BCUT2D eigenvalue weighted by molar-refractivity contribution is 6.39. The Kier molecular flexibility index (Phi) is 3.72. The molecule has 4 heterocycles. The first-order valence-electron chi connectivity index (χ1n) is 8.76. The largest absolute Gasteiger partial charge is 0.405 e. The Morgan fingerprint density at radius 3 is 2.70 bits per heavy atom. The highest BCUT2D eigenvalue weighted by atomic mass is 16.8. The molecule has 3 N–H and O–H groups in total. The fourth-order valence-electron chi connectivity index (χ4n) is 4.08. The lowest BCUT2D eigenvalue weighted by atomic mass is 9.61. The highest BCUT2D eigenvalue weighted by Gasteiger charge is 2.67. The Balaban J connectivity index is 1.95. The molecule has 2 saturated heterocycles. The summed E-state index contributed by atoms with van der Waals surface area (Å²) < 4.78 is 19.8. The van der Waals surface area contributed by atoms with Gasteiger partial charge < -0.3 is 25.1 Å². The number of aromatic nitrogens is 3. The molecule has 0 radical (unpaired) electrons. The Labute approximate surface area is 159 Å². The third-order valence-electron chi connectivity index (χ3n) is 5.16. The van der Waals surface area contributed by atoms with Crippen molar-refractivity contribution in [1.82, 2.24) is 14.6 Å². The molecule has 2 aromatic rings. The number of rotatable bonds is 2. The van der Waals surface area contributed by atoms with Gasteiger partial charge in [-0.2, -0.15) is 10.4 Å². The summed E-state index contributed by atoms with van der Waals surface area (Å²) in [6.45, 7) is 3.55. The van der Waals surface area contributed by atoms with Crippen molar-refractivity contribution < 1.29 is 19.3 Å². The molecule has 2 aromatic heterocycles. The summed E-state index contributed by atoms with van der Waals surface area (Å²) in [5.74, 6) is -0.611. The summed E-state index contributed by atoms with van der Waals surface area (Å²) in [5, 5.41) is 23.9. The fourth-order valence-corrected chi connectivity index (χ4v) is 4.08. The highest BCUT2D eigenvalue weighted by Crippen LogP contribution is 2.50. The molecule has 9 nitrogen and oxygen atoms in total. The van der Waals surface area contributed by atoms with Crippen LogP contribution in [0.25, 0.3) is 5.52 Å². The van der Waals surface area contributed by atoms with Crippen LogP contribution in [-0.4, -0.2) is 72.7 Å². The zero-order valence-electron chi connectivity index (χ0n) is 15.9. The summed E-state index contributed by atoms with van der Waals surface area (Å²) in [6.07, 6.45) is -0.812. The zero-order chi connectivity index (χ0) is 19.8. The Morgan fingerprint density at radius 1 is 1.37 bits per heavy atom. The molecule has 2 fully saturated rings. The van der Waals surface area contributed by atoms with E-state index in [2.05, 4.69) is 16.2 Å². The molecule has 0 saturated carbocycles. The molecule has 4 atom stereocenters. The molecule has 2 aliphatic heterocycles. The van der Waals surface area contributed by atoms with Gasteiger partial charge >= 0.3 is 0 Å². The van der Waals surface area contributed by atoms with Gasteiger partial charge in [-0.3, -0.25) is 0 Å². The van der Waals surface area contributed by atoms with Gasteiger partial charge in [-0.15, -0.1) is 0 Å². The van der Waals surface area contributed by atoms with Crippen molar-refractivity contribution >= 4 is 40.3 Å². The van der Waals surface area contributed by atoms with Gasteiger partial charge in [-0.1, -0.05) is 5.46 Å². The van der Waals surface area contributed by atoms with Gasteiger partial charge in [-0.25, -0.2) is 9.50 Å². The van der Waals surface area contributed by atoms with Crippen LogP contribution in [0.15, 0.2) is 12.4 Å². The minimum Gasteiger partial charge on any atom is -0.405 e. The van der Waals surface area contributed by atoms with Gasteiger partial charge in [0.25, 0.3) is 0 Å². The maximum atomic E-state index is 10.6. The van der Waals surface area contributed by atoms with Gasteiger partial charge in [0, 0.05) is 5.40 Å². The minimum atomic E-state index is -1.53.